The lowest BCUT2D eigenvalue weighted by molar-refractivity contribution is -0.144. The van der Waals surface area contributed by atoms with Crippen LogP contribution in [0.25, 0.3) is 0 Å². The van der Waals surface area contributed by atoms with E-state index in [4.69, 9.17) is 9.47 Å². The number of hydrogen-bond donors (Lipinski definition) is 1. The molecule has 1 aromatic carbocycles. The molecule has 0 bridgehead atoms. The summed E-state index contributed by atoms with van der Waals surface area (Å²) in [5.41, 5.74) is 1.79. The number of piperazine rings is 1. The highest BCUT2D eigenvalue weighted by atomic mass is 16.5. The van der Waals surface area contributed by atoms with Gasteiger partial charge in [0, 0.05) is 51.0 Å². The molecule has 1 N–H and O–H groups in total. The van der Waals surface area contributed by atoms with Gasteiger partial charge in [-0.1, -0.05) is 17.7 Å². The Morgan fingerprint density at radius 2 is 1.92 bits per heavy atom. The molecule has 0 amide bonds. The number of aryl methyl sites for hydroxylation is 1. The molecule has 2 saturated heterocycles. The number of ether oxygens (including phenoxy) is 2. The van der Waals surface area contributed by atoms with Gasteiger partial charge in [-0.2, -0.15) is 0 Å². The van der Waals surface area contributed by atoms with E-state index in [1.54, 1.807) is 7.11 Å². The van der Waals surface area contributed by atoms with E-state index in [9.17, 15) is 9.90 Å². The summed E-state index contributed by atoms with van der Waals surface area (Å²) in [6.45, 7) is 6.97. The average molecular weight is 348 g/mol. The van der Waals surface area contributed by atoms with E-state index >= 15 is 0 Å². The van der Waals surface area contributed by atoms with Gasteiger partial charge in [-0.15, -0.1) is 0 Å². The van der Waals surface area contributed by atoms with Gasteiger partial charge in [0.05, 0.1) is 7.11 Å². The Labute approximate surface area is 149 Å². The van der Waals surface area contributed by atoms with Crippen LogP contribution < -0.4 is 4.74 Å². The number of carboxylic acid groups (broad SMARTS) is 1. The van der Waals surface area contributed by atoms with Crippen LogP contribution in [-0.4, -0.2) is 73.4 Å². The zero-order valence-corrected chi connectivity index (χ0v) is 15.1. The molecule has 1 atom stereocenters. The molecule has 0 saturated carbocycles. The molecule has 25 heavy (non-hydrogen) atoms. The van der Waals surface area contributed by atoms with E-state index in [1.807, 2.05) is 25.1 Å². The predicted octanol–water partition coefficient (Wildman–Crippen LogP) is 1.93. The van der Waals surface area contributed by atoms with Crippen LogP contribution in [0.3, 0.4) is 0 Å². The number of carboxylic acids is 1. The lowest BCUT2D eigenvalue weighted by Gasteiger charge is -2.42. The maximum Gasteiger partial charge on any atom is 0.325 e. The van der Waals surface area contributed by atoms with Crippen LogP contribution in [0, 0.1) is 6.92 Å². The summed E-state index contributed by atoms with van der Waals surface area (Å²) < 4.78 is 10.9. The van der Waals surface area contributed by atoms with E-state index in [2.05, 4.69) is 9.80 Å². The second-order valence-electron chi connectivity index (χ2n) is 6.90. The molecule has 2 fully saturated rings. The van der Waals surface area contributed by atoms with E-state index in [-0.39, 0.29) is 0 Å². The van der Waals surface area contributed by atoms with Gasteiger partial charge in [0.1, 0.15) is 11.8 Å². The maximum atomic E-state index is 12.0. The zero-order valence-electron chi connectivity index (χ0n) is 15.1. The van der Waals surface area contributed by atoms with Crippen LogP contribution in [0.4, 0.5) is 0 Å². The molecule has 6 nitrogen and oxygen atoms in total. The average Bonchev–Trinajstić information content (AvgIpc) is 2.63. The molecule has 6 heteroatoms. The third-order valence-corrected chi connectivity index (χ3v) is 5.33. The second kappa shape index (κ2) is 8.17. The number of methoxy groups -OCH3 is 1. The summed E-state index contributed by atoms with van der Waals surface area (Å²) in [5, 5.41) is 9.88. The molecule has 3 rings (SSSR count). The van der Waals surface area contributed by atoms with Gasteiger partial charge in [0.2, 0.25) is 0 Å². The fourth-order valence-corrected chi connectivity index (χ4v) is 3.96. The van der Waals surface area contributed by atoms with Crippen molar-refractivity contribution in [1.29, 1.82) is 0 Å². The summed E-state index contributed by atoms with van der Waals surface area (Å²) >= 11 is 0. The second-order valence-corrected chi connectivity index (χ2v) is 6.90. The SMILES string of the molecule is COc1ccc(C)cc1C(C(=O)O)N1CCN(C2CCOCC2)CC1. The van der Waals surface area contributed by atoms with Gasteiger partial charge in [0.25, 0.3) is 0 Å². The van der Waals surface area contributed by atoms with Gasteiger partial charge in [-0.25, -0.2) is 0 Å². The van der Waals surface area contributed by atoms with Crippen LogP contribution in [0.1, 0.15) is 30.0 Å². The van der Waals surface area contributed by atoms with Gasteiger partial charge < -0.3 is 14.6 Å². The fourth-order valence-electron chi connectivity index (χ4n) is 3.96. The Kier molecular flexibility index (Phi) is 5.93. The first-order valence-corrected chi connectivity index (χ1v) is 9.03. The highest BCUT2D eigenvalue weighted by molar-refractivity contribution is 5.77. The van der Waals surface area contributed by atoms with Crippen LogP contribution in [0.5, 0.6) is 5.75 Å². The molecule has 0 aromatic heterocycles. The van der Waals surface area contributed by atoms with Crippen LogP contribution in [-0.2, 0) is 9.53 Å². The first kappa shape index (κ1) is 18.2. The van der Waals surface area contributed by atoms with Gasteiger partial charge >= 0.3 is 5.97 Å². The number of carbonyl (C=O) groups is 1. The summed E-state index contributed by atoms with van der Waals surface area (Å²) in [4.78, 5) is 16.6. The molecule has 2 aliphatic heterocycles. The quantitative estimate of drug-likeness (QED) is 0.877. The normalized spacial score (nSPS) is 21.8. The third-order valence-electron chi connectivity index (χ3n) is 5.33. The number of nitrogens with zero attached hydrogens (tertiary/aromatic N) is 2. The Balaban J connectivity index is 1.72. The highest BCUT2D eigenvalue weighted by Gasteiger charge is 2.34. The maximum absolute atomic E-state index is 12.0. The van der Waals surface area contributed by atoms with Crippen molar-refractivity contribution in [3.8, 4) is 5.75 Å². The molecule has 2 heterocycles. The Morgan fingerprint density at radius 3 is 2.52 bits per heavy atom. The lowest BCUT2D eigenvalue weighted by atomic mass is 10.00. The minimum Gasteiger partial charge on any atom is -0.496 e. The molecule has 0 spiro atoms. The zero-order chi connectivity index (χ0) is 17.8. The van der Waals surface area contributed by atoms with Crippen LogP contribution in [0.15, 0.2) is 18.2 Å². The monoisotopic (exact) mass is 348 g/mol. The van der Waals surface area contributed by atoms with Crippen molar-refractivity contribution in [2.45, 2.75) is 31.8 Å². The van der Waals surface area contributed by atoms with Gasteiger partial charge in [0.15, 0.2) is 0 Å². The first-order chi connectivity index (χ1) is 12.1. The molecule has 1 unspecified atom stereocenters. The summed E-state index contributed by atoms with van der Waals surface area (Å²) in [6.07, 6.45) is 2.15. The number of hydrogen-bond acceptors (Lipinski definition) is 5. The van der Waals surface area contributed by atoms with Crippen molar-refractivity contribution in [2.75, 3.05) is 46.5 Å². The van der Waals surface area contributed by atoms with E-state index in [1.165, 1.54) is 0 Å². The smallest absolute Gasteiger partial charge is 0.325 e. The topological polar surface area (TPSA) is 62.2 Å². The molecule has 0 radical (unpaired) electrons. The molecule has 2 aliphatic rings. The lowest BCUT2D eigenvalue weighted by Crippen LogP contribution is -2.53. The number of benzene rings is 1. The van der Waals surface area contributed by atoms with Crippen LogP contribution >= 0.6 is 0 Å². The van der Waals surface area contributed by atoms with Crippen molar-refractivity contribution in [3.63, 3.8) is 0 Å². The first-order valence-electron chi connectivity index (χ1n) is 9.03. The van der Waals surface area contributed by atoms with Crippen molar-refractivity contribution >= 4 is 5.97 Å². The standard InChI is InChI=1S/C19H28N2O4/c1-14-3-4-17(24-2)16(13-14)18(19(22)23)21-9-7-20(8-10-21)15-5-11-25-12-6-15/h3-4,13,15,18H,5-12H2,1-2H3,(H,22,23). The summed E-state index contributed by atoms with van der Waals surface area (Å²) in [6, 6.07) is 5.66. The molecular weight excluding hydrogens is 320 g/mol. The number of rotatable bonds is 5. The Morgan fingerprint density at radius 1 is 1.24 bits per heavy atom. The van der Waals surface area contributed by atoms with E-state index in [0.717, 1.165) is 63.4 Å². The summed E-state index contributed by atoms with van der Waals surface area (Å²) in [7, 11) is 1.59. The molecule has 1 aromatic rings. The van der Waals surface area contributed by atoms with Crippen molar-refractivity contribution in [1.82, 2.24) is 9.80 Å². The molecular formula is C19H28N2O4. The van der Waals surface area contributed by atoms with Crippen LogP contribution in [0.2, 0.25) is 0 Å². The highest BCUT2D eigenvalue weighted by Crippen LogP contribution is 2.32. The minimum atomic E-state index is -0.816. The van der Waals surface area contributed by atoms with E-state index in [0.29, 0.717) is 11.8 Å². The molecule has 138 valence electrons. The summed E-state index contributed by atoms with van der Waals surface area (Å²) in [5.74, 6) is -0.173. The fraction of sp³-hybridized carbons (Fsp3) is 0.632. The van der Waals surface area contributed by atoms with Gasteiger partial charge in [-0.3, -0.25) is 14.6 Å². The van der Waals surface area contributed by atoms with Crippen molar-refractivity contribution < 1.29 is 19.4 Å². The predicted molar refractivity (Wildman–Crippen MR) is 95.1 cm³/mol. The van der Waals surface area contributed by atoms with Crippen molar-refractivity contribution in [3.05, 3.63) is 29.3 Å². The van der Waals surface area contributed by atoms with E-state index < -0.39 is 12.0 Å². The minimum absolute atomic E-state index is 0.577. The largest absolute Gasteiger partial charge is 0.496 e. The Bertz CT molecular complexity index is 593. The third kappa shape index (κ3) is 4.14. The van der Waals surface area contributed by atoms with Crippen molar-refractivity contribution in [2.24, 2.45) is 0 Å². The molecule has 0 aliphatic carbocycles. The van der Waals surface area contributed by atoms with Gasteiger partial charge in [-0.05, 0) is 25.8 Å². The number of aliphatic carboxylic acids is 1. The Hall–Kier alpha value is -1.63.